The second kappa shape index (κ2) is 17.2. The van der Waals surface area contributed by atoms with Gasteiger partial charge in [0.05, 0.1) is 22.4 Å². The first-order valence-corrected chi connectivity index (χ1v) is 22.9. The van der Waals surface area contributed by atoms with Crippen LogP contribution < -0.4 is 15.4 Å². The van der Waals surface area contributed by atoms with Crippen LogP contribution >= 0.6 is 0 Å². The van der Waals surface area contributed by atoms with Gasteiger partial charge in [-0.25, -0.2) is 9.78 Å². The summed E-state index contributed by atoms with van der Waals surface area (Å²) in [5.74, 6) is 1.40. The molecule has 0 aliphatic carbocycles. The number of rotatable bonds is 12. The molecule has 7 aromatic carbocycles. The third-order valence-corrected chi connectivity index (χ3v) is 13.6. The van der Waals surface area contributed by atoms with Crippen LogP contribution in [-0.4, -0.2) is 22.6 Å². The standard InChI is InChI=1S/C58H54N4O2/c1-6-41(43-29-31-44(32-30-43)62-52-22-14-11-19-49(52)47-17-9-10-18-48(47)50-20-12-15-23-53(50)62)35-38(4)42-27-25-40(26-28-42)37-61-54-24-16-13-21-51(54)59-57(61)56-39(5)46-34-33-45(60(7-2)8-3)36-55(46)64-58(56)63/h9-34,36,38,41H,6-8,35,37H2,1-5H3. The SMILES string of the molecule is CCC(CC(C)c1ccc(Cn2c(-c3c(C)c4ccc(N(CC)CC)cc4oc3=O)nc3ccccc32)cc1)c1ccc(N2c3ccccc3-c3ccccc3-c3ccccc32)cc1. The summed E-state index contributed by atoms with van der Waals surface area (Å²) in [7, 11) is 0. The Balaban J connectivity index is 0.898. The smallest absolute Gasteiger partial charge is 0.347 e. The maximum atomic E-state index is 13.9. The maximum Gasteiger partial charge on any atom is 0.347 e. The van der Waals surface area contributed by atoms with Crippen molar-refractivity contribution in [2.45, 2.75) is 65.8 Å². The number of benzene rings is 7. The fourth-order valence-electron chi connectivity index (χ4n) is 10.1. The third kappa shape index (κ3) is 7.27. The van der Waals surface area contributed by atoms with Crippen LogP contribution in [0.5, 0.6) is 0 Å². The highest BCUT2D eigenvalue weighted by Crippen LogP contribution is 2.50. The fourth-order valence-corrected chi connectivity index (χ4v) is 10.1. The number of aromatic nitrogens is 2. The van der Waals surface area contributed by atoms with E-state index in [2.05, 4.69) is 182 Å². The van der Waals surface area contributed by atoms with E-state index in [9.17, 15) is 4.79 Å². The largest absolute Gasteiger partial charge is 0.422 e. The molecular formula is C58H54N4O2. The van der Waals surface area contributed by atoms with Gasteiger partial charge in [0.1, 0.15) is 17.0 Å². The van der Waals surface area contributed by atoms with Crippen molar-refractivity contribution in [1.82, 2.24) is 9.55 Å². The van der Waals surface area contributed by atoms with Gasteiger partial charge in [-0.3, -0.25) is 0 Å². The van der Waals surface area contributed by atoms with Crippen molar-refractivity contribution in [3.05, 3.63) is 196 Å². The lowest BCUT2D eigenvalue weighted by Gasteiger charge is -2.28. The van der Waals surface area contributed by atoms with Crippen molar-refractivity contribution in [3.63, 3.8) is 0 Å². The zero-order valence-electron chi connectivity index (χ0n) is 37.4. The summed E-state index contributed by atoms with van der Waals surface area (Å²) in [5, 5.41) is 0.920. The highest BCUT2D eigenvalue weighted by molar-refractivity contribution is 6.02. The lowest BCUT2D eigenvalue weighted by atomic mass is 9.84. The van der Waals surface area contributed by atoms with E-state index in [0.717, 1.165) is 64.9 Å². The first-order valence-electron chi connectivity index (χ1n) is 22.9. The zero-order chi connectivity index (χ0) is 43.9. The molecule has 318 valence electrons. The Labute approximate surface area is 376 Å². The minimum absolute atomic E-state index is 0.360. The van der Waals surface area contributed by atoms with Crippen LogP contribution in [0.25, 0.3) is 55.6 Å². The van der Waals surface area contributed by atoms with E-state index in [0.29, 0.717) is 35.4 Å². The van der Waals surface area contributed by atoms with E-state index < -0.39 is 0 Å². The lowest BCUT2D eigenvalue weighted by Crippen LogP contribution is -2.21. The van der Waals surface area contributed by atoms with E-state index >= 15 is 0 Å². The second-order valence-corrected chi connectivity index (χ2v) is 17.2. The molecule has 3 heterocycles. The Morgan fingerprint density at radius 2 is 1.25 bits per heavy atom. The van der Waals surface area contributed by atoms with Crippen LogP contribution in [0.2, 0.25) is 0 Å². The Kier molecular flexibility index (Phi) is 11.0. The fraction of sp³-hybridized carbons (Fsp3) is 0.207. The van der Waals surface area contributed by atoms with Crippen molar-refractivity contribution in [1.29, 1.82) is 0 Å². The minimum atomic E-state index is -0.369. The molecular weight excluding hydrogens is 785 g/mol. The highest BCUT2D eigenvalue weighted by Gasteiger charge is 2.26. The van der Waals surface area contributed by atoms with Crippen LogP contribution in [0, 0.1) is 6.92 Å². The van der Waals surface area contributed by atoms with Gasteiger partial charge in [-0.15, -0.1) is 0 Å². The predicted molar refractivity (Wildman–Crippen MR) is 267 cm³/mol. The second-order valence-electron chi connectivity index (χ2n) is 17.2. The monoisotopic (exact) mass is 838 g/mol. The first kappa shape index (κ1) is 40.9. The van der Waals surface area contributed by atoms with Gasteiger partial charge in [0.15, 0.2) is 0 Å². The van der Waals surface area contributed by atoms with Gasteiger partial charge in [-0.05, 0) is 127 Å². The molecule has 1 aliphatic heterocycles. The predicted octanol–water partition coefficient (Wildman–Crippen LogP) is 14.8. The Hall–Kier alpha value is -7.18. The molecule has 0 radical (unpaired) electrons. The molecule has 1 aliphatic rings. The van der Waals surface area contributed by atoms with Crippen molar-refractivity contribution in [3.8, 4) is 33.6 Å². The maximum absolute atomic E-state index is 13.9. The van der Waals surface area contributed by atoms with Crippen molar-refractivity contribution < 1.29 is 4.42 Å². The molecule has 2 unspecified atom stereocenters. The number of nitrogens with zero attached hydrogens (tertiary/aromatic N) is 4. The van der Waals surface area contributed by atoms with E-state index in [1.807, 2.05) is 31.2 Å². The van der Waals surface area contributed by atoms with E-state index in [1.165, 1.54) is 44.8 Å². The van der Waals surface area contributed by atoms with Crippen molar-refractivity contribution >= 4 is 44.8 Å². The molecule has 64 heavy (non-hydrogen) atoms. The summed E-state index contributed by atoms with van der Waals surface area (Å²) >= 11 is 0. The molecule has 10 rings (SSSR count). The molecule has 9 aromatic rings. The van der Waals surface area contributed by atoms with Crippen molar-refractivity contribution in [2.75, 3.05) is 22.9 Å². The molecule has 6 nitrogen and oxygen atoms in total. The summed E-state index contributed by atoms with van der Waals surface area (Å²) in [4.78, 5) is 23.6. The molecule has 6 heteroatoms. The molecule has 0 N–H and O–H groups in total. The van der Waals surface area contributed by atoms with Crippen molar-refractivity contribution in [2.24, 2.45) is 0 Å². The molecule has 0 spiro atoms. The molecule has 0 amide bonds. The van der Waals surface area contributed by atoms with Gasteiger partial charge in [0.25, 0.3) is 0 Å². The Morgan fingerprint density at radius 3 is 1.89 bits per heavy atom. The summed E-state index contributed by atoms with van der Waals surface area (Å²) in [5.41, 5.74) is 16.9. The average Bonchev–Trinajstić information content (AvgIpc) is 3.62. The van der Waals surface area contributed by atoms with E-state index in [-0.39, 0.29) is 5.63 Å². The number of hydrogen-bond acceptors (Lipinski definition) is 5. The van der Waals surface area contributed by atoms with Gasteiger partial charge < -0.3 is 18.8 Å². The van der Waals surface area contributed by atoms with E-state index in [4.69, 9.17) is 9.40 Å². The van der Waals surface area contributed by atoms with Crippen LogP contribution in [0.1, 0.15) is 74.6 Å². The Morgan fingerprint density at radius 1 is 0.656 bits per heavy atom. The summed E-state index contributed by atoms with van der Waals surface area (Å²) in [6.07, 6.45) is 2.10. The Bertz CT molecular complexity index is 3130. The molecule has 0 fully saturated rings. The number of para-hydroxylation sites is 4. The van der Waals surface area contributed by atoms with Gasteiger partial charge in [-0.2, -0.15) is 0 Å². The number of aryl methyl sites for hydroxylation is 1. The van der Waals surface area contributed by atoms with Crippen LogP contribution in [0.15, 0.2) is 173 Å². The van der Waals surface area contributed by atoms with Crippen LogP contribution in [0.3, 0.4) is 0 Å². The quantitative estimate of drug-likeness (QED) is 0.115. The molecule has 0 bridgehead atoms. The number of fused-ring (bicyclic) bond motifs is 7. The highest BCUT2D eigenvalue weighted by atomic mass is 16.4. The van der Waals surface area contributed by atoms with Crippen LogP contribution in [-0.2, 0) is 6.54 Å². The van der Waals surface area contributed by atoms with Gasteiger partial charge in [-0.1, -0.05) is 123 Å². The summed E-state index contributed by atoms with van der Waals surface area (Å²) < 4.78 is 8.23. The third-order valence-electron chi connectivity index (χ3n) is 13.6. The van der Waals surface area contributed by atoms with Gasteiger partial charge in [0, 0.05) is 53.6 Å². The minimum Gasteiger partial charge on any atom is -0.422 e. The van der Waals surface area contributed by atoms with Gasteiger partial charge >= 0.3 is 5.63 Å². The molecule has 2 atom stereocenters. The topological polar surface area (TPSA) is 54.5 Å². The average molecular weight is 839 g/mol. The molecule has 2 aromatic heterocycles. The number of imidazole rings is 1. The van der Waals surface area contributed by atoms with Crippen LogP contribution in [0.4, 0.5) is 22.7 Å². The van der Waals surface area contributed by atoms with Gasteiger partial charge in [0.2, 0.25) is 0 Å². The number of hydrogen-bond donors (Lipinski definition) is 0. The molecule has 0 saturated heterocycles. The zero-order valence-corrected chi connectivity index (χ0v) is 37.4. The van der Waals surface area contributed by atoms with E-state index in [1.54, 1.807) is 0 Å². The summed E-state index contributed by atoms with van der Waals surface area (Å²) in [6, 6.07) is 58.9. The lowest BCUT2D eigenvalue weighted by molar-refractivity contribution is 0.544. The summed E-state index contributed by atoms with van der Waals surface area (Å²) in [6.45, 7) is 13.3. The molecule has 0 saturated carbocycles. The normalized spacial score (nSPS) is 13.0. The first-order chi connectivity index (χ1) is 31.3. The number of anilines is 4.